The topological polar surface area (TPSA) is 35.2 Å². The van der Waals surface area contributed by atoms with Crippen LogP contribution in [0.15, 0.2) is 36.4 Å². The van der Waals surface area contributed by atoms with Gasteiger partial charge in [-0.15, -0.1) is 0 Å². The van der Waals surface area contributed by atoms with E-state index in [4.69, 9.17) is 10.5 Å². The van der Waals surface area contributed by atoms with Crippen molar-refractivity contribution < 1.29 is 4.74 Å². The lowest BCUT2D eigenvalue weighted by Crippen LogP contribution is -2.03. The summed E-state index contributed by atoms with van der Waals surface area (Å²) in [4.78, 5) is 0. The lowest BCUT2D eigenvalue weighted by Gasteiger charge is -2.13. The third kappa shape index (κ3) is 3.36. The molecule has 0 fully saturated rings. The fourth-order valence-electron chi connectivity index (χ4n) is 2.01. The predicted octanol–water partition coefficient (Wildman–Crippen LogP) is 3.91. The van der Waals surface area contributed by atoms with Crippen molar-refractivity contribution in [2.24, 2.45) is 5.73 Å². The first-order valence-electron chi connectivity index (χ1n) is 6.65. The highest BCUT2D eigenvalue weighted by Gasteiger charge is 2.06. The lowest BCUT2D eigenvalue weighted by atomic mass is 10.1. The van der Waals surface area contributed by atoms with Crippen molar-refractivity contribution in [2.75, 3.05) is 6.54 Å². The summed E-state index contributed by atoms with van der Waals surface area (Å²) < 4.78 is 6.07. The molecular weight excluding hydrogens is 234 g/mol. The van der Waals surface area contributed by atoms with Crippen molar-refractivity contribution in [2.45, 2.75) is 27.2 Å². The molecule has 2 aromatic carbocycles. The van der Waals surface area contributed by atoms with Gasteiger partial charge in [0.25, 0.3) is 0 Å². The molecule has 2 heteroatoms. The van der Waals surface area contributed by atoms with Gasteiger partial charge in [0, 0.05) is 0 Å². The molecule has 2 aromatic rings. The van der Waals surface area contributed by atoms with Crippen LogP contribution in [0.2, 0.25) is 0 Å². The van der Waals surface area contributed by atoms with Gasteiger partial charge in [-0.3, -0.25) is 0 Å². The zero-order valence-corrected chi connectivity index (χ0v) is 11.9. The smallest absolute Gasteiger partial charge is 0.130 e. The van der Waals surface area contributed by atoms with E-state index in [9.17, 15) is 0 Å². The van der Waals surface area contributed by atoms with E-state index in [0.29, 0.717) is 6.54 Å². The molecule has 0 spiro atoms. The summed E-state index contributed by atoms with van der Waals surface area (Å²) in [6.45, 7) is 6.86. The Hall–Kier alpha value is -1.80. The Morgan fingerprint density at radius 2 is 1.53 bits per heavy atom. The molecule has 0 radical (unpaired) electrons. The van der Waals surface area contributed by atoms with Gasteiger partial charge in [0.15, 0.2) is 0 Å². The van der Waals surface area contributed by atoms with E-state index < -0.39 is 0 Å². The van der Waals surface area contributed by atoms with E-state index in [0.717, 1.165) is 29.0 Å². The SMILES string of the molecule is Cc1ccc(C)c(Oc2cc(CCN)ccc2C)c1. The van der Waals surface area contributed by atoms with Crippen LogP contribution in [0.4, 0.5) is 0 Å². The number of ether oxygens (including phenoxy) is 1. The van der Waals surface area contributed by atoms with Gasteiger partial charge in [0.1, 0.15) is 11.5 Å². The highest BCUT2D eigenvalue weighted by molar-refractivity contribution is 5.43. The number of benzene rings is 2. The molecule has 0 amide bonds. The third-order valence-electron chi connectivity index (χ3n) is 3.25. The van der Waals surface area contributed by atoms with Gasteiger partial charge in [-0.25, -0.2) is 0 Å². The molecule has 0 aliphatic heterocycles. The van der Waals surface area contributed by atoms with Gasteiger partial charge >= 0.3 is 0 Å². The maximum absolute atomic E-state index is 6.07. The summed E-state index contributed by atoms with van der Waals surface area (Å²) in [6, 6.07) is 12.5. The second kappa shape index (κ2) is 5.89. The van der Waals surface area contributed by atoms with E-state index in [1.54, 1.807) is 0 Å². The molecule has 0 saturated carbocycles. The van der Waals surface area contributed by atoms with Gasteiger partial charge in [-0.2, -0.15) is 0 Å². The lowest BCUT2D eigenvalue weighted by molar-refractivity contribution is 0.474. The van der Waals surface area contributed by atoms with E-state index in [2.05, 4.69) is 57.2 Å². The Bertz CT molecular complexity index is 575. The maximum Gasteiger partial charge on any atom is 0.130 e. The van der Waals surface area contributed by atoms with E-state index in [1.807, 2.05) is 0 Å². The first kappa shape index (κ1) is 13.6. The van der Waals surface area contributed by atoms with Gasteiger partial charge in [0.05, 0.1) is 0 Å². The molecule has 100 valence electrons. The maximum atomic E-state index is 6.07. The minimum atomic E-state index is 0.659. The molecule has 0 aromatic heterocycles. The van der Waals surface area contributed by atoms with Gasteiger partial charge < -0.3 is 10.5 Å². The second-order valence-electron chi connectivity index (χ2n) is 5.01. The highest BCUT2D eigenvalue weighted by Crippen LogP contribution is 2.29. The Labute approximate surface area is 115 Å². The van der Waals surface area contributed by atoms with Crippen LogP contribution < -0.4 is 10.5 Å². The third-order valence-corrected chi connectivity index (χ3v) is 3.25. The molecule has 2 rings (SSSR count). The largest absolute Gasteiger partial charge is 0.457 e. The van der Waals surface area contributed by atoms with Gasteiger partial charge in [-0.05, 0) is 68.1 Å². The van der Waals surface area contributed by atoms with E-state index in [-0.39, 0.29) is 0 Å². The Morgan fingerprint density at radius 3 is 2.21 bits per heavy atom. The summed E-state index contributed by atoms with van der Waals surface area (Å²) in [5.74, 6) is 1.84. The summed E-state index contributed by atoms with van der Waals surface area (Å²) in [6.07, 6.45) is 0.878. The molecular formula is C17H21NO. The van der Waals surface area contributed by atoms with Crippen LogP contribution in [0.1, 0.15) is 22.3 Å². The molecule has 2 nitrogen and oxygen atoms in total. The zero-order chi connectivity index (χ0) is 13.8. The van der Waals surface area contributed by atoms with Crippen molar-refractivity contribution in [1.29, 1.82) is 0 Å². The fourth-order valence-corrected chi connectivity index (χ4v) is 2.01. The van der Waals surface area contributed by atoms with Crippen molar-refractivity contribution >= 4 is 0 Å². The van der Waals surface area contributed by atoms with Crippen LogP contribution in [0.25, 0.3) is 0 Å². The van der Waals surface area contributed by atoms with Crippen LogP contribution >= 0.6 is 0 Å². The molecule has 2 N–H and O–H groups in total. The average molecular weight is 255 g/mol. The van der Waals surface area contributed by atoms with Gasteiger partial charge in [-0.1, -0.05) is 24.3 Å². The van der Waals surface area contributed by atoms with Crippen molar-refractivity contribution in [1.82, 2.24) is 0 Å². The van der Waals surface area contributed by atoms with Crippen molar-refractivity contribution in [3.05, 3.63) is 58.7 Å². The molecule has 0 atom stereocenters. The quantitative estimate of drug-likeness (QED) is 0.899. The fraction of sp³-hybridized carbons (Fsp3) is 0.294. The standard InChI is InChI=1S/C17H21NO/c1-12-4-5-13(2)16(10-12)19-17-11-15(8-9-18)7-6-14(17)3/h4-7,10-11H,8-9,18H2,1-3H3. The molecule has 0 bridgehead atoms. The molecule has 0 aliphatic rings. The Morgan fingerprint density at radius 1 is 0.895 bits per heavy atom. The highest BCUT2D eigenvalue weighted by atomic mass is 16.5. The van der Waals surface area contributed by atoms with Crippen LogP contribution in [-0.4, -0.2) is 6.54 Å². The minimum absolute atomic E-state index is 0.659. The first-order valence-corrected chi connectivity index (χ1v) is 6.65. The zero-order valence-electron chi connectivity index (χ0n) is 11.9. The number of hydrogen-bond donors (Lipinski definition) is 1. The van der Waals surface area contributed by atoms with Crippen molar-refractivity contribution in [3.8, 4) is 11.5 Å². The molecule has 0 unspecified atom stereocenters. The number of hydrogen-bond acceptors (Lipinski definition) is 2. The van der Waals surface area contributed by atoms with Crippen LogP contribution in [0.3, 0.4) is 0 Å². The second-order valence-corrected chi connectivity index (χ2v) is 5.01. The Kier molecular flexibility index (Phi) is 4.23. The van der Waals surface area contributed by atoms with Crippen molar-refractivity contribution in [3.63, 3.8) is 0 Å². The van der Waals surface area contributed by atoms with Crippen LogP contribution in [-0.2, 0) is 6.42 Å². The normalized spacial score (nSPS) is 10.5. The molecule has 0 heterocycles. The molecule has 0 aliphatic carbocycles. The van der Waals surface area contributed by atoms with E-state index in [1.165, 1.54) is 11.1 Å². The summed E-state index contributed by atoms with van der Waals surface area (Å²) in [5, 5.41) is 0. The number of nitrogens with two attached hydrogens (primary N) is 1. The number of aryl methyl sites for hydroxylation is 3. The number of rotatable bonds is 4. The summed E-state index contributed by atoms with van der Waals surface area (Å²) >= 11 is 0. The van der Waals surface area contributed by atoms with Crippen LogP contribution in [0.5, 0.6) is 11.5 Å². The van der Waals surface area contributed by atoms with Crippen LogP contribution in [0, 0.1) is 20.8 Å². The predicted molar refractivity (Wildman–Crippen MR) is 79.9 cm³/mol. The van der Waals surface area contributed by atoms with E-state index >= 15 is 0 Å². The summed E-state index contributed by atoms with van der Waals surface area (Å²) in [5.41, 5.74) is 10.3. The van der Waals surface area contributed by atoms with Gasteiger partial charge in [0.2, 0.25) is 0 Å². The average Bonchev–Trinajstić information content (AvgIpc) is 2.38. The first-order chi connectivity index (χ1) is 9.10. The monoisotopic (exact) mass is 255 g/mol. The minimum Gasteiger partial charge on any atom is -0.457 e. The molecule has 0 saturated heterocycles. The Balaban J connectivity index is 2.31. The molecule has 19 heavy (non-hydrogen) atoms. The summed E-state index contributed by atoms with van der Waals surface area (Å²) in [7, 11) is 0.